The van der Waals surface area contributed by atoms with Crippen molar-refractivity contribution in [1.82, 2.24) is 10.3 Å². The third kappa shape index (κ3) is 4.29. The van der Waals surface area contributed by atoms with E-state index in [0.717, 1.165) is 37.6 Å². The van der Waals surface area contributed by atoms with Crippen molar-refractivity contribution in [2.75, 3.05) is 25.0 Å². The normalized spacial score (nSPS) is 10.9. The van der Waals surface area contributed by atoms with E-state index in [1.807, 2.05) is 11.3 Å². The number of rotatable bonds is 7. The lowest BCUT2D eigenvalue weighted by atomic mass is 10.1. The van der Waals surface area contributed by atoms with Crippen LogP contribution in [0.25, 0.3) is 0 Å². The van der Waals surface area contributed by atoms with Gasteiger partial charge in [0.15, 0.2) is 0 Å². The van der Waals surface area contributed by atoms with Crippen LogP contribution in [0.1, 0.15) is 28.6 Å². The van der Waals surface area contributed by atoms with E-state index in [1.165, 1.54) is 16.0 Å². The highest BCUT2D eigenvalue weighted by Crippen LogP contribution is 2.22. The largest absolute Gasteiger partial charge is 0.359 e. The average molecular weight is 303 g/mol. The molecular weight excluding hydrogens is 278 g/mol. The number of nitrogens with one attached hydrogen (secondary N) is 1. The topological polar surface area (TPSA) is 28.2 Å². The molecule has 0 radical (unpaired) electrons. The van der Waals surface area contributed by atoms with Crippen molar-refractivity contribution in [3.63, 3.8) is 0 Å². The molecule has 21 heavy (non-hydrogen) atoms. The fourth-order valence-electron chi connectivity index (χ4n) is 2.47. The molecule has 0 aliphatic rings. The maximum absolute atomic E-state index is 4.78. The minimum atomic E-state index is 0.883. The molecule has 2 aromatic rings. The molecule has 0 aliphatic heterocycles. The smallest absolute Gasteiger partial charge is 0.133 e. The molecular formula is C17H25N3S. The maximum atomic E-state index is 4.78. The van der Waals surface area contributed by atoms with E-state index in [9.17, 15) is 0 Å². The van der Waals surface area contributed by atoms with Crippen molar-refractivity contribution in [3.8, 4) is 0 Å². The number of pyridine rings is 1. The molecule has 0 bridgehead atoms. The Labute approximate surface area is 132 Å². The summed E-state index contributed by atoms with van der Waals surface area (Å²) in [5, 5.41) is 5.57. The molecule has 0 unspecified atom stereocenters. The van der Waals surface area contributed by atoms with Crippen LogP contribution in [0.3, 0.4) is 0 Å². The second-order valence-corrected chi connectivity index (χ2v) is 6.45. The molecule has 0 aromatic carbocycles. The van der Waals surface area contributed by atoms with Crippen LogP contribution < -0.4 is 10.2 Å². The second-order valence-electron chi connectivity index (χ2n) is 5.41. The summed E-state index contributed by atoms with van der Waals surface area (Å²) in [5.41, 5.74) is 3.73. The maximum Gasteiger partial charge on any atom is 0.133 e. The van der Waals surface area contributed by atoms with Crippen LogP contribution in [0.2, 0.25) is 0 Å². The Bertz CT molecular complexity index is 564. The highest BCUT2D eigenvalue weighted by Gasteiger charge is 2.12. The Morgan fingerprint density at radius 2 is 2.14 bits per heavy atom. The monoisotopic (exact) mass is 303 g/mol. The van der Waals surface area contributed by atoms with Gasteiger partial charge in [-0.25, -0.2) is 4.98 Å². The van der Waals surface area contributed by atoms with Crippen LogP contribution in [0.5, 0.6) is 0 Å². The van der Waals surface area contributed by atoms with E-state index in [2.05, 4.69) is 61.6 Å². The molecule has 114 valence electrons. The molecule has 2 heterocycles. The summed E-state index contributed by atoms with van der Waals surface area (Å²) >= 11 is 1.83. The lowest BCUT2D eigenvalue weighted by molar-refractivity contribution is 0.714. The van der Waals surface area contributed by atoms with Crippen molar-refractivity contribution < 1.29 is 0 Å². The van der Waals surface area contributed by atoms with Gasteiger partial charge in [0.2, 0.25) is 0 Å². The number of thiophene rings is 1. The zero-order valence-corrected chi connectivity index (χ0v) is 14.3. The lowest BCUT2D eigenvalue weighted by Crippen LogP contribution is -2.25. The summed E-state index contributed by atoms with van der Waals surface area (Å²) in [6, 6.07) is 6.49. The molecule has 4 heteroatoms. The van der Waals surface area contributed by atoms with Crippen LogP contribution in [0.15, 0.2) is 23.6 Å². The molecule has 2 rings (SSSR count). The third-order valence-electron chi connectivity index (χ3n) is 3.64. The number of aryl methyl sites for hydroxylation is 2. The van der Waals surface area contributed by atoms with E-state index in [0.29, 0.717) is 0 Å². The number of hydrogen-bond acceptors (Lipinski definition) is 4. The summed E-state index contributed by atoms with van der Waals surface area (Å²) in [6.45, 7) is 9.24. The summed E-state index contributed by atoms with van der Waals surface area (Å²) in [7, 11) is 2.14. The van der Waals surface area contributed by atoms with E-state index in [-0.39, 0.29) is 0 Å². The Kier molecular flexibility index (Phi) is 5.76. The number of likely N-dealkylation sites (N-methyl/N-ethyl adjacent to an activating group) is 1. The fourth-order valence-corrected chi connectivity index (χ4v) is 3.16. The first-order valence-electron chi connectivity index (χ1n) is 7.53. The first-order valence-corrected chi connectivity index (χ1v) is 8.41. The standard InChI is InChI=1S/C17H25N3S/c1-5-18-12-16-13(2)11-14(3)19-17(16)20(4)9-8-15-7-6-10-21-15/h6-7,10-11,18H,5,8-9,12H2,1-4H3. The van der Waals surface area contributed by atoms with Gasteiger partial charge in [-0.2, -0.15) is 0 Å². The van der Waals surface area contributed by atoms with Gasteiger partial charge in [0.05, 0.1) is 0 Å². The summed E-state index contributed by atoms with van der Waals surface area (Å²) in [5.74, 6) is 1.12. The molecule has 0 atom stereocenters. The molecule has 0 aliphatic carbocycles. The van der Waals surface area contributed by atoms with Crippen molar-refractivity contribution in [3.05, 3.63) is 45.3 Å². The molecule has 3 nitrogen and oxygen atoms in total. The number of hydrogen-bond donors (Lipinski definition) is 1. The van der Waals surface area contributed by atoms with E-state index < -0.39 is 0 Å². The van der Waals surface area contributed by atoms with Crippen LogP contribution in [-0.4, -0.2) is 25.1 Å². The Hall–Kier alpha value is -1.39. The van der Waals surface area contributed by atoms with E-state index >= 15 is 0 Å². The lowest BCUT2D eigenvalue weighted by Gasteiger charge is -2.23. The quantitative estimate of drug-likeness (QED) is 0.848. The summed E-state index contributed by atoms with van der Waals surface area (Å²) in [6.07, 6.45) is 1.07. The molecule has 0 saturated carbocycles. The van der Waals surface area contributed by atoms with Crippen molar-refractivity contribution >= 4 is 17.2 Å². The number of anilines is 1. The van der Waals surface area contributed by atoms with E-state index in [1.54, 1.807) is 0 Å². The van der Waals surface area contributed by atoms with Crippen LogP contribution >= 0.6 is 11.3 Å². The zero-order valence-electron chi connectivity index (χ0n) is 13.4. The predicted octanol–water partition coefficient (Wildman–Crippen LogP) is 3.55. The van der Waals surface area contributed by atoms with E-state index in [4.69, 9.17) is 4.98 Å². The predicted molar refractivity (Wildman–Crippen MR) is 92.4 cm³/mol. The Balaban J connectivity index is 2.15. The third-order valence-corrected chi connectivity index (χ3v) is 4.58. The summed E-state index contributed by atoms with van der Waals surface area (Å²) < 4.78 is 0. The summed E-state index contributed by atoms with van der Waals surface area (Å²) in [4.78, 5) is 8.49. The van der Waals surface area contributed by atoms with Gasteiger partial charge in [-0.15, -0.1) is 11.3 Å². The van der Waals surface area contributed by atoms with Crippen molar-refractivity contribution in [1.29, 1.82) is 0 Å². The van der Waals surface area contributed by atoms with Crippen molar-refractivity contribution in [2.24, 2.45) is 0 Å². The molecule has 0 amide bonds. The van der Waals surface area contributed by atoms with Crippen LogP contribution in [0, 0.1) is 13.8 Å². The Morgan fingerprint density at radius 1 is 1.33 bits per heavy atom. The SMILES string of the molecule is CCNCc1c(C)cc(C)nc1N(C)CCc1cccs1. The van der Waals surface area contributed by atoms with Gasteiger partial charge < -0.3 is 10.2 Å². The first-order chi connectivity index (χ1) is 10.1. The van der Waals surface area contributed by atoms with Gasteiger partial charge in [-0.05, 0) is 49.9 Å². The fraction of sp³-hybridized carbons (Fsp3) is 0.471. The van der Waals surface area contributed by atoms with Gasteiger partial charge in [-0.3, -0.25) is 0 Å². The molecule has 0 fully saturated rings. The van der Waals surface area contributed by atoms with Gasteiger partial charge in [0.25, 0.3) is 0 Å². The molecule has 0 saturated heterocycles. The number of aromatic nitrogens is 1. The van der Waals surface area contributed by atoms with Crippen molar-refractivity contribution in [2.45, 2.75) is 33.7 Å². The minimum Gasteiger partial charge on any atom is -0.359 e. The van der Waals surface area contributed by atoms with Gasteiger partial charge in [-0.1, -0.05) is 13.0 Å². The highest BCUT2D eigenvalue weighted by molar-refractivity contribution is 7.09. The van der Waals surface area contributed by atoms with Gasteiger partial charge >= 0.3 is 0 Å². The minimum absolute atomic E-state index is 0.883. The Morgan fingerprint density at radius 3 is 2.81 bits per heavy atom. The van der Waals surface area contributed by atoms with Gasteiger partial charge in [0.1, 0.15) is 5.82 Å². The molecule has 2 aromatic heterocycles. The zero-order chi connectivity index (χ0) is 15.2. The highest BCUT2D eigenvalue weighted by atomic mass is 32.1. The molecule has 0 spiro atoms. The average Bonchev–Trinajstić information content (AvgIpc) is 2.96. The second kappa shape index (κ2) is 7.57. The van der Waals surface area contributed by atoms with Crippen LogP contribution in [-0.2, 0) is 13.0 Å². The van der Waals surface area contributed by atoms with Crippen LogP contribution in [0.4, 0.5) is 5.82 Å². The first kappa shape index (κ1) is 16.0. The number of nitrogens with zero attached hydrogens (tertiary/aromatic N) is 2. The molecule has 1 N–H and O–H groups in total. The van der Waals surface area contributed by atoms with Gasteiger partial charge in [0, 0.05) is 36.3 Å².